The minimum Gasteiger partial charge on any atom is -0.435 e. The van der Waals surface area contributed by atoms with Crippen molar-refractivity contribution in [2.24, 2.45) is 0 Å². The van der Waals surface area contributed by atoms with Crippen molar-refractivity contribution < 1.29 is 32.7 Å². The summed E-state index contributed by atoms with van der Waals surface area (Å²) in [7, 11) is 0. The Kier molecular flexibility index (Phi) is 3.49. The standard InChI is InChI=1S/C11H13N2.Y/c1-11(2,3)13-8-6-9-10(13)5-4-7-12-9;/h4-5,7-8H,1-3H3;/q-1;. The van der Waals surface area contributed by atoms with E-state index < -0.39 is 0 Å². The van der Waals surface area contributed by atoms with Gasteiger partial charge in [-0.3, -0.25) is 4.98 Å². The van der Waals surface area contributed by atoms with Crippen LogP contribution in [0.1, 0.15) is 20.8 Å². The maximum absolute atomic E-state index is 4.24. The monoisotopic (exact) mass is 262 g/mol. The van der Waals surface area contributed by atoms with Gasteiger partial charge in [0.25, 0.3) is 0 Å². The first kappa shape index (κ1) is 11.9. The van der Waals surface area contributed by atoms with Crippen molar-refractivity contribution in [1.29, 1.82) is 0 Å². The summed E-state index contributed by atoms with van der Waals surface area (Å²) in [6, 6.07) is 7.18. The third-order valence-corrected chi connectivity index (χ3v) is 2.10. The molecular weight excluding hydrogens is 249 g/mol. The summed E-state index contributed by atoms with van der Waals surface area (Å²) in [5.41, 5.74) is 2.19. The van der Waals surface area contributed by atoms with Crippen LogP contribution in [-0.4, -0.2) is 9.55 Å². The SMILES string of the molecule is CC(C)(C)n1c[c-]c2ncccc21.[Y]. The van der Waals surface area contributed by atoms with Crippen LogP contribution in [0.3, 0.4) is 0 Å². The molecule has 0 N–H and O–H groups in total. The van der Waals surface area contributed by atoms with Crippen molar-refractivity contribution in [3.05, 3.63) is 30.6 Å². The summed E-state index contributed by atoms with van der Waals surface area (Å²) in [5.74, 6) is 0. The predicted molar refractivity (Wildman–Crippen MR) is 53.6 cm³/mol. The van der Waals surface area contributed by atoms with Crippen LogP contribution in [0.2, 0.25) is 0 Å². The molecule has 3 heteroatoms. The average molecular weight is 262 g/mol. The number of pyridine rings is 1. The van der Waals surface area contributed by atoms with E-state index in [1.165, 1.54) is 0 Å². The average Bonchev–Trinajstić information content (AvgIpc) is 2.45. The topological polar surface area (TPSA) is 17.8 Å². The molecule has 0 fully saturated rings. The Morgan fingerprint density at radius 2 is 2.07 bits per heavy atom. The molecule has 2 nitrogen and oxygen atoms in total. The quantitative estimate of drug-likeness (QED) is 0.667. The van der Waals surface area contributed by atoms with E-state index in [1.54, 1.807) is 6.20 Å². The first-order valence-corrected chi connectivity index (χ1v) is 4.43. The Morgan fingerprint density at radius 3 is 2.71 bits per heavy atom. The molecule has 0 unspecified atom stereocenters. The number of nitrogens with zero attached hydrogens (tertiary/aromatic N) is 2. The zero-order chi connectivity index (χ0) is 9.47. The molecular formula is C11H13N2Y-. The first-order valence-electron chi connectivity index (χ1n) is 4.43. The van der Waals surface area contributed by atoms with Crippen LogP contribution < -0.4 is 0 Å². The fourth-order valence-electron chi connectivity index (χ4n) is 1.45. The van der Waals surface area contributed by atoms with Crippen LogP contribution >= 0.6 is 0 Å². The Hall–Kier alpha value is -0.206. The van der Waals surface area contributed by atoms with Gasteiger partial charge in [-0.05, 0) is 20.8 Å². The third-order valence-electron chi connectivity index (χ3n) is 2.10. The number of fused-ring (bicyclic) bond motifs is 1. The van der Waals surface area contributed by atoms with Crippen molar-refractivity contribution in [3.8, 4) is 0 Å². The molecule has 14 heavy (non-hydrogen) atoms. The smallest absolute Gasteiger partial charge is 0.0224 e. The molecule has 1 radical (unpaired) electrons. The summed E-state index contributed by atoms with van der Waals surface area (Å²) >= 11 is 0. The van der Waals surface area contributed by atoms with E-state index in [0.717, 1.165) is 11.0 Å². The first-order chi connectivity index (χ1) is 6.09. The fourth-order valence-corrected chi connectivity index (χ4v) is 1.45. The molecule has 2 aromatic heterocycles. The number of hydrogen-bond acceptors (Lipinski definition) is 1. The molecule has 0 spiro atoms. The van der Waals surface area contributed by atoms with Crippen LogP contribution in [0.5, 0.6) is 0 Å². The molecule has 0 aliphatic heterocycles. The Morgan fingerprint density at radius 1 is 1.36 bits per heavy atom. The van der Waals surface area contributed by atoms with Gasteiger partial charge in [-0.1, -0.05) is 17.1 Å². The molecule has 0 aromatic carbocycles. The van der Waals surface area contributed by atoms with Gasteiger partial charge in [0.15, 0.2) is 0 Å². The second kappa shape index (κ2) is 4.12. The Labute approximate surface area is 110 Å². The van der Waals surface area contributed by atoms with Gasteiger partial charge in [0, 0.05) is 44.4 Å². The van der Waals surface area contributed by atoms with Crippen LogP contribution in [0, 0.1) is 6.07 Å². The van der Waals surface area contributed by atoms with Crippen LogP contribution in [-0.2, 0) is 38.2 Å². The molecule has 0 aliphatic carbocycles. The van der Waals surface area contributed by atoms with E-state index in [-0.39, 0.29) is 38.2 Å². The Balaban J connectivity index is 0.000000980. The summed E-state index contributed by atoms with van der Waals surface area (Å²) in [5, 5.41) is 0. The minimum absolute atomic E-state index is 0. The molecule has 0 amide bonds. The van der Waals surface area contributed by atoms with Crippen LogP contribution in [0.25, 0.3) is 11.0 Å². The van der Waals surface area contributed by atoms with Gasteiger partial charge < -0.3 is 4.57 Å². The van der Waals surface area contributed by atoms with Crippen molar-refractivity contribution >= 4 is 11.0 Å². The summed E-state index contributed by atoms with van der Waals surface area (Å²) in [6.45, 7) is 6.52. The largest absolute Gasteiger partial charge is 0.435 e. The van der Waals surface area contributed by atoms with Gasteiger partial charge in [0.2, 0.25) is 0 Å². The van der Waals surface area contributed by atoms with E-state index in [2.05, 4.69) is 42.5 Å². The molecule has 71 valence electrons. The van der Waals surface area contributed by atoms with Gasteiger partial charge >= 0.3 is 0 Å². The van der Waals surface area contributed by atoms with Crippen LogP contribution in [0.4, 0.5) is 0 Å². The normalized spacial score (nSPS) is 11.4. The van der Waals surface area contributed by atoms with Gasteiger partial charge in [0.1, 0.15) is 0 Å². The van der Waals surface area contributed by atoms with Gasteiger partial charge in [-0.2, -0.15) is 0 Å². The van der Waals surface area contributed by atoms with Gasteiger partial charge in [-0.25, -0.2) is 6.07 Å². The Bertz CT molecular complexity index is 426. The van der Waals surface area contributed by atoms with Crippen molar-refractivity contribution in [2.75, 3.05) is 0 Å². The van der Waals surface area contributed by atoms with E-state index in [0.29, 0.717) is 0 Å². The van der Waals surface area contributed by atoms with E-state index in [9.17, 15) is 0 Å². The molecule has 2 aromatic rings. The van der Waals surface area contributed by atoms with Crippen molar-refractivity contribution in [1.82, 2.24) is 9.55 Å². The predicted octanol–water partition coefficient (Wildman–Crippen LogP) is 2.59. The molecule has 0 saturated carbocycles. The van der Waals surface area contributed by atoms with Gasteiger partial charge in [-0.15, -0.1) is 12.3 Å². The molecule has 0 aliphatic rings. The maximum atomic E-state index is 4.24. The van der Waals surface area contributed by atoms with Crippen molar-refractivity contribution in [3.63, 3.8) is 0 Å². The molecule has 2 rings (SSSR count). The van der Waals surface area contributed by atoms with Crippen LogP contribution in [0.15, 0.2) is 24.5 Å². The number of aromatic nitrogens is 2. The second-order valence-electron chi connectivity index (χ2n) is 4.19. The maximum Gasteiger partial charge on any atom is 0.0224 e. The molecule has 0 saturated heterocycles. The molecule has 2 heterocycles. The fraction of sp³-hybridized carbons (Fsp3) is 0.364. The second-order valence-corrected chi connectivity index (χ2v) is 4.19. The molecule has 0 atom stereocenters. The van der Waals surface area contributed by atoms with E-state index in [4.69, 9.17) is 0 Å². The van der Waals surface area contributed by atoms with E-state index >= 15 is 0 Å². The van der Waals surface area contributed by atoms with E-state index in [1.807, 2.05) is 12.3 Å². The molecule has 0 bridgehead atoms. The minimum atomic E-state index is 0. The third kappa shape index (κ3) is 2.07. The zero-order valence-electron chi connectivity index (χ0n) is 8.78. The summed E-state index contributed by atoms with van der Waals surface area (Å²) < 4.78 is 2.19. The summed E-state index contributed by atoms with van der Waals surface area (Å²) in [6.07, 6.45) is 3.77. The zero-order valence-corrected chi connectivity index (χ0v) is 11.6. The number of rotatable bonds is 0. The number of hydrogen-bond donors (Lipinski definition) is 0. The van der Waals surface area contributed by atoms with Gasteiger partial charge in [0.05, 0.1) is 0 Å². The summed E-state index contributed by atoms with van der Waals surface area (Å²) in [4.78, 5) is 4.24. The van der Waals surface area contributed by atoms with Crippen molar-refractivity contribution in [2.45, 2.75) is 26.3 Å².